The molecule has 0 aliphatic rings. The van der Waals surface area contributed by atoms with Crippen LogP contribution < -0.4 is 16.0 Å². The van der Waals surface area contributed by atoms with Crippen LogP contribution in [0.25, 0.3) is 0 Å². The predicted octanol–water partition coefficient (Wildman–Crippen LogP) is 1.90. The summed E-state index contributed by atoms with van der Waals surface area (Å²) >= 11 is 0. The molecule has 0 aliphatic carbocycles. The molecule has 0 fully saturated rings. The monoisotopic (exact) mass is 184 g/mol. The molecule has 0 heterocycles. The second kappa shape index (κ2) is 4.09. The van der Waals surface area contributed by atoms with Gasteiger partial charge in [0.1, 0.15) is 0 Å². The number of rotatable bonds is 3. The fourth-order valence-corrected chi connectivity index (χ4v) is 0.940. The molecule has 0 radical (unpaired) electrons. The zero-order valence-electron chi connectivity index (χ0n) is 7.67. The van der Waals surface area contributed by atoms with Gasteiger partial charge in [0.15, 0.2) is 11.6 Å². The van der Waals surface area contributed by atoms with E-state index in [9.17, 15) is 4.39 Å². The molecule has 0 aromatic heterocycles. The molecular weight excluding hydrogens is 171 g/mol. The highest BCUT2D eigenvalue weighted by molar-refractivity contribution is 5.46. The molecule has 0 saturated heterocycles. The van der Waals surface area contributed by atoms with Crippen LogP contribution in [0.5, 0.6) is 5.75 Å². The molecule has 3 nitrogen and oxygen atoms in total. The van der Waals surface area contributed by atoms with Crippen LogP contribution in [0.2, 0.25) is 0 Å². The molecule has 72 valence electrons. The Morgan fingerprint density at radius 3 is 2.62 bits per heavy atom. The number of ether oxygens (including phenoxy) is 1. The third-order valence-electron chi connectivity index (χ3n) is 1.46. The Hall–Kier alpha value is -1.29. The number of hydrogen-bond donors (Lipinski definition) is 2. The minimum atomic E-state index is -0.413. The number of nitrogens with one attached hydrogen (secondary N) is 1. The molecule has 0 amide bonds. The van der Waals surface area contributed by atoms with E-state index in [1.807, 2.05) is 13.8 Å². The average Bonchev–Trinajstić information content (AvgIpc) is 2.08. The molecule has 4 heteroatoms. The fraction of sp³-hybridized carbons (Fsp3) is 0.333. The molecular formula is C9H13FN2O. The van der Waals surface area contributed by atoms with Crippen LogP contribution in [0, 0.1) is 5.82 Å². The summed E-state index contributed by atoms with van der Waals surface area (Å²) < 4.78 is 18.4. The zero-order chi connectivity index (χ0) is 9.84. The van der Waals surface area contributed by atoms with Crippen molar-refractivity contribution in [2.24, 2.45) is 5.84 Å². The summed E-state index contributed by atoms with van der Waals surface area (Å²) in [7, 11) is 0. The third-order valence-corrected chi connectivity index (χ3v) is 1.46. The summed E-state index contributed by atoms with van der Waals surface area (Å²) in [6.45, 7) is 3.68. The van der Waals surface area contributed by atoms with Crippen molar-refractivity contribution in [1.29, 1.82) is 0 Å². The van der Waals surface area contributed by atoms with Crippen molar-refractivity contribution in [1.82, 2.24) is 0 Å². The van der Waals surface area contributed by atoms with Gasteiger partial charge in [-0.1, -0.05) is 0 Å². The normalized spacial score (nSPS) is 10.2. The van der Waals surface area contributed by atoms with Gasteiger partial charge in [-0.3, -0.25) is 5.84 Å². The Kier molecular flexibility index (Phi) is 3.08. The number of hydrogen-bond acceptors (Lipinski definition) is 3. The number of halogens is 1. The molecule has 1 aromatic carbocycles. The second-order valence-corrected chi connectivity index (χ2v) is 2.96. The van der Waals surface area contributed by atoms with Gasteiger partial charge >= 0.3 is 0 Å². The summed E-state index contributed by atoms with van der Waals surface area (Å²) in [6.07, 6.45) is -0.0359. The topological polar surface area (TPSA) is 47.3 Å². The first-order chi connectivity index (χ1) is 6.13. The number of hydrazine groups is 1. The molecule has 0 unspecified atom stereocenters. The smallest absolute Gasteiger partial charge is 0.167 e. The van der Waals surface area contributed by atoms with Crippen LogP contribution in [-0.2, 0) is 0 Å². The molecule has 0 aliphatic heterocycles. The number of nitrogen functional groups attached to an aromatic ring is 1. The van der Waals surface area contributed by atoms with Crippen molar-refractivity contribution in [2.45, 2.75) is 20.0 Å². The standard InChI is InChI=1S/C9H13FN2O/c1-6(2)13-9-4-3-7(12-11)5-8(9)10/h3-6,12H,11H2,1-2H3. The second-order valence-electron chi connectivity index (χ2n) is 2.96. The van der Waals surface area contributed by atoms with E-state index in [0.717, 1.165) is 0 Å². The summed E-state index contributed by atoms with van der Waals surface area (Å²) in [5.74, 6) is 4.94. The molecule has 1 aromatic rings. The van der Waals surface area contributed by atoms with E-state index in [2.05, 4.69) is 5.43 Å². The zero-order valence-corrected chi connectivity index (χ0v) is 7.67. The quantitative estimate of drug-likeness (QED) is 0.557. The van der Waals surface area contributed by atoms with Crippen molar-refractivity contribution in [2.75, 3.05) is 5.43 Å². The number of benzene rings is 1. The van der Waals surface area contributed by atoms with Crippen LogP contribution in [0.15, 0.2) is 18.2 Å². The highest BCUT2D eigenvalue weighted by atomic mass is 19.1. The van der Waals surface area contributed by atoms with Gasteiger partial charge in [0.05, 0.1) is 11.8 Å². The lowest BCUT2D eigenvalue weighted by molar-refractivity contribution is 0.231. The molecule has 3 N–H and O–H groups in total. The minimum Gasteiger partial charge on any atom is -0.488 e. The van der Waals surface area contributed by atoms with Crippen molar-refractivity contribution < 1.29 is 9.13 Å². The van der Waals surface area contributed by atoms with Crippen LogP contribution in [-0.4, -0.2) is 6.10 Å². The summed E-state index contributed by atoms with van der Waals surface area (Å²) in [4.78, 5) is 0. The first-order valence-electron chi connectivity index (χ1n) is 4.06. The predicted molar refractivity (Wildman–Crippen MR) is 50.0 cm³/mol. The third kappa shape index (κ3) is 2.59. The Balaban J connectivity index is 2.85. The van der Waals surface area contributed by atoms with Crippen LogP contribution in [0.4, 0.5) is 10.1 Å². The van der Waals surface area contributed by atoms with Gasteiger partial charge in [0, 0.05) is 6.07 Å². The number of nitrogens with two attached hydrogens (primary N) is 1. The number of anilines is 1. The first kappa shape index (κ1) is 9.80. The van der Waals surface area contributed by atoms with Crippen molar-refractivity contribution in [3.05, 3.63) is 24.0 Å². The minimum absolute atomic E-state index is 0.0359. The van der Waals surface area contributed by atoms with Crippen molar-refractivity contribution >= 4 is 5.69 Å². The van der Waals surface area contributed by atoms with E-state index in [0.29, 0.717) is 5.69 Å². The van der Waals surface area contributed by atoms with Crippen LogP contribution in [0.1, 0.15) is 13.8 Å². The van der Waals surface area contributed by atoms with Crippen molar-refractivity contribution in [3.63, 3.8) is 0 Å². The van der Waals surface area contributed by atoms with Gasteiger partial charge in [-0.15, -0.1) is 0 Å². The van der Waals surface area contributed by atoms with E-state index >= 15 is 0 Å². The van der Waals surface area contributed by atoms with E-state index in [4.69, 9.17) is 10.6 Å². The van der Waals surface area contributed by atoms with E-state index in [1.54, 1.807) is 12.1 Å². The molecule has 13 heavy (non-hydrogen) atoms. The van der Waals surface area contributed by atoms with Gasteiger partial charge < -0.3 is 10.2 Å². The average molecular weight is 184 g/mol. The maximum atomic E-state index is 13.2. The van der Waals surface area contributed by atoms with Gasteiger partial charge in [0.2, 0.25) is 0 Å². The first-order valence-corrected chi connectivity index (χ1v) is 4.06. The van der Waals surface area contributed by atoms with E-state index < -0.39 is 5.82 Å². The lowest BCUT2D eigenvalue weighted by Crippen LogP contribution is -2.09. The highest BCUT2D eigenvalue weighted by Gasteiger charge is 2.05. The SMILES string of the molecule is CC(C)Oc1ccc(NN)cc1F. The van der Waals surface area contributed by atoms with Gasteiger partial charge in [-0.2, -0.15) is 0 Å². The summed E-state index contributed by atoms with van der Waals surface area (Å²) in [5.41, 5.74) is 2.87. The van der Waals surface area contributed by atoms with Crippen molar-refractivity contribution in [3.8, 4) is 5.75 Å². The maximum Gasteiger partial charge on any atom is 0.167 e. The van der Waals surface area contributed by atoms with E-state index in [1.165, 1.54) is 6.07 Å². The van der Waals surface area contributed by atoms with Crippen LogP contribution in [0.3, 0.4) is 0 Å². The Bertz CT molecular complexity index is 289. The summed E-state index contributed by atoms with van der Waals surface area (Å²) in [6, 6.07) is 4.49. The molecule has 0 saturated carbocycles. The molecule has 0 spiro atoms. The molecule has 1 rings (SSSR count). The molecule has 0 bridgehead atoms. The Labute approximate surface area is 76.7 Å². The highest BCUT2D eigenvalue weighted by Crippen LogP contribution is 2.21. The lowest BCUT2D eigenvalue weighted by Gasteiger charge is -2.11. The van der Waals surface area contributed by atoms with Gasteiger partial charge in [-0.25, -0.2) is 4.39 Å². The fourth-order valence-electron chi connectivity index (χ4n) is 0.940. The van der Waals surface area contributed by atoms with E-state index in [-0.39, 0.29) is 11.9 Å². The van der Waals surface area contributed by atoms with Gasteiger partial charge in [-0.05, 0) is 26.0 Å². The Morgan fingerprint density at radius 1 is 1.46 bits per heavy atom. The summed E-state index contributed by atoms with van der Waals surface area (Å²) in [5, 5.41) is 0. The lowest BCUT2D eigenvalue weighted by atomic mass is 10.3. The molecule has 0 atom stereocenters. The maximum absolute atomic E-state index is 13.2. The van der Waals surface area contributed by atoms with Gasteiger partial charge in [0.25, 0.3) is 0 Å². The van der Waals surface area contributed by atoms with Crippen LogP contribution >= 0.6 is 0 Å². The Morgan fingerprint density at radius 2 is 2.15 bits per heavy atom. The largest absolute Gasteiger partial charge is 0.488 e.